The van der Waals surface area contributed by atoms with Gasteiger partial charge in [-0.15, -0.1) is 0 Å². The Bertz CT molecular complexity index is 1140. The van der Waals surface area contributed by atoms with Crippen molar-refractivity contribution in [3.05, 3.63) is 60.8 Å². The molecule has 2 atom stereocenters. The summed E-state index contributed by atoms with van der Waals surface area (Å²) in [5.41, 5.74) is 0. The fourth-order valence-electron chi connectivity index (χ4n) is 6.58. The van der Waals surface area contributed by atoms with Crippen LogP contribution in [-0.4, -0.2) is 75.6 Å². The van der Waals surface area contributed by atoms with Crippen molar-refractivity contribution in [2.24, 2.45) is 0 Å². The van der Waals surface area contributed by atoms with Crippen LogP contribution in [0.2, 0.25) is 0 Å². The maximum atomic E-state index is 12.7. The van der Waals surface area contributed by atoms with Gasteiger partial charge in [0, 0.05) is 13.0 Å². The zero-order valence-corrected chi connectivity index (χ0v) is 40.6. The van der Waals surface area contributed by atoms with E-state index >= 15 is 0 Å². The third kappa shape index (κ3) is 47.3. The van der Waals surface area contributed by atoms with Gasteiger partial charge in [-0.1, -0.05) is 197 Å². The van der Waals surface area contributed by atoms with Crippen LogP contribution in [0, 0.1) is 0 Å². The van der Waals surface area contributed by atoms with Crippen LogP contribution < -0.4 is 0 Å². The molecule has 0 aromatic rings. The maximum absolute atomic E-state index is 12.7. The molecule has 350 valence electrons. The number of phosphoric acid groups is 1. The average molecular weight is 865 g/mol. The molecule has 9 heteroatoms. The van der Waals surface area contributed by atoms with Gasteiger partial charge >= 0.3 is 13.8 Å². The van der Waals surface area contributed by atoms with Gasteiger partial charge in [0.15, 0.2) is 0 Å². The number of hydrogen-bond donors (Lipinski definition) is 1. The Labute approximate surface area is 370 Å². The fourth-order valence-corrected chi connectivity index (χ4v) is 7.32. The number of nitrogens with zero attached hydrogens (tertiary/aromatic N) is 1. The summed E-state index contributed by atoms with van der Waals surface area (Å²) in [5, 5.41) is 0. The average Bonchev–Trinajstić information content (AvgIpc) is 3.20. The zero-order chi connectivity index (χ0) is 44.1. The molecule has 0 spiro atoms. The summed E-state index contributed by atoms with van der Waals surface area (Å²) in [6.45, 7) is 5.48. The van der Waals surface area contributed by atoms with Crippen LogP contribution >= 0.6 is 7.82 Å². The predicted octanol–water partition coefficient (Wildman–Crippen LogP) is 14.9. The van der Waals surface area contributed by atoms with Crippen molar-refractivity contribution >= 4 is 13.8 Å². The molecule has 0 heterocycles. The van der Waals surface area contributed by atoms with E-state index in [1.54, 1.807) is 0 Å². The van der Waals surface area contributed by atoms with Gasteiger partial charge in [0.05, 0.1) is 34.4 Å². The van der Waals surface area contributed by atoms with Crippen molar-refractivity contribution in [2.45, 2.75) is 206 Å². The minimum atomic E-state index is -4.29. The molecule has 0 radical (unpaired) electrons. The highest BCUT2D eigenvalue weighted by molar-refractivity contribution is 7.47. The van der Waals surface area contributed by atoms with Crippen LogP contribution in [0.1, 0.15) is 200 Å². The Morgan fingerprint density at radius 3 is 1.43 bits per heavy atom. The number of carbonyl (C=O) groups excluding carboxylic acids is 1. The Morgan fingerprint density at radius 2 is 0.967 bits per heavy atom. The third-order valence-electron chi connectivity index (χ3n) is 10.3. The summed E-state index contributed by atoms with van der Waals surface area (Å²) in [5.74, 6) is -0.343. The summed E-state index contributed by atoms with van der Waals surface area (Å²) < 4.78 is 35.1. The van der Waals surface area contributed by atoms with Gasteiger partial charge in [-0.05, 0) is 57.8 Å². The minimum absolute atomic E-state index is 0.0806. The summed E-state index contributed by atoms with van der Waals surface area (Å²) in [6, 6.07) is 0. The standard InChI is InChI=1S/C51H94NO7P/c1-6-8-10-12-14-16-18-20-22-24-26-28-30-32-34-36-38-40-42-44-51(53)59-50(49-58-60(54,55)57-47-45-52(3,4)5)48-56-46-43-41-39-37-35-33-31-29-27-25-23-21-19-17-15-13-11-9-7-2/h8,10,14,16,20,22,26,28,32,34,50H,6-7,9,11-13,15,17-19,21,23-25,27,29-31,33,35-49H2,1-5H3/p+1/b10-8-,16-14-,22-20-,28-26-,34-32-. The second kappa shape index (κ2) is 43.8. The lowest BCUT2D eigenvalue weighted by molar-refractivity contribution is -0.870. The number of phosphoric ester groups is 1. The molecule has 0 saturated carbocycles. The lowest BCUT2D eigenvalue weighted by atomic mass is 10.0. The Hall–Kier alpha value is -1.80. The molecule has 8 nitrogen and oxygen atoms in total. The lowest BCUT2D eigenvalue weighted by Crippen LogP contribution is -2.37. The Morgan fingerprint density at radius 1 is 0.533 bits per heavy atom. The van der Waals surface area contributed by atoms with E-state index in [1.807, 2.05) is 21.1 Å². The molecule has 0 aliphatic heterocycles. The number of ether oxygens (including phenoxy) is 2. The number of allylic oxidation sites excluding steroid dienone is 10. The molecular formula is C51H95NO7P+. The van der Waals surface area contributed by atoms with Gasteiger partial charge in [-0.25, -0.2) is 4.57 Å². The van der Waals surface area contributed by atoms with E-state index in [0.29, 0.717) is 17.6 Å². The van der Waals surface area contributed by atoms with Gasteiger partial charge in [0.2, 0.25) is 0 Å². The predicted molar refractivity (Wildman–Crippen MR) is 256 cm³/mol. The van der Waals surface area contributed by atoms with Gasteiger partial charge in [0.25, 0.3) is 0 Å². The summed E-state index contributed by atoms with van der Waals surface area (Å²) in [6.07, 6.45) is 55.5. The van der Waals surface area contributed by atoms with E-state index < -0.39 is 13.9 Å². The highest BCUT2D eigenvalue weighted by atomic mass is 31.2. The molecule has 0 aromatic heterocycles. The van der Waals surface area contributed by atoms with Gasteiger partial charge in [-0.3, -0.25) is 13.8 Å². The van der Waals surface area contributed by atoms with Crippen LogP contribution in [0.3, 0.4) is 0 Å². The van der Waals surface area contributed by atoms with Crippen molar-refractivity contribution in [3.63, 3.8) is 0 Å². The monoisotopic (exact) mass is 865 g/mol. The van der Waals surface area contributed by atoms with Gasteiger partial charge in [-0.2, -0.15) is 0 Å². The number of likely N-dealkylation sites (N-methyl/N-ethyl adjacent to an activating group) is 1. The van der Waals surface area contributed by atoms with Gasteiger partial charge in [0.1, 0.15) is 19.3 Å². The summed E-state index contributed by atoms with van der Waals surface area (Å²) in [4.78, 5) is 23.0. The molecule has 60 heavy (non-hydrogen) atoms. The van der Waals surface area contributed by atoms with Crippen molar-refractivity contribution in [1.29, 1.82) is 0 Å². The van der Waals surface area contributed by atoms with E-state index in [1.165, 1.54) is 109 Å². The Balaban J connectivity index is 4.23. The number of quaternary nitrogens is 1. The first-order chi connectivity index (χ1) is 29.1. The molecule has 0 saturated heterocycles. The van der Waals surface area contributed by atoms with Crippen molar-refractivity contribution < 1.29 is 37.3 Å². The second-order valence-corrected chi connectivity index (χ2v) is 18.9. The number of carbonyl (C=O) groups is 1. The molecule has 0 amide bonds. The summed E-state index contributed by atoms with van der Waals surface area (Å²) >= 11 is 0. The molecule has 1 N–H and O–H groups in total. The van der Waals surface area contributed by atoms with Crippen molar-refractivity contribution in [1.82, 2.24) is 0 Å². The normalized spacial score (nSPS) is 14.2. The number of unbranched alkanes of at least 4 members (excludes halogenated alkanes) is 21. The highest BCUT2D eigenvalue weighted by Crippen LogP contribution is 2.43. The van der Waals surface area contributed by atoms with E-state index in [2.05, 4.69) is 74.6 Å². The van der Waals surface area contributed by atoms with Gasteiger partial charge < -0.3 is 18.9 Å². The highest BCUT2D eigenvalue weighted by Gasteiger charge is 2.26. The SMILES string of the molecule is CC/C=C\C/C=C\C/C=C\C/C=C\C/C=C\CCCCCC(=O)OC(COCCCCCCCCCCCCCCCCCCCCC)COP(=O)(O)OCC[N+](C)(C)C. The quantitative estimate of drug-likeness (QED) is 0.0214. The maximum Gasteiger partial charge on any atom is 0.472 e. The topological polar surface area (TPSA) is 91.3 Å². The van der Waals surface area contributed by atoms with E-state index in [9.17, 15) is 14.3 Å². The van der Waals surface area contributed by atoms with Crippen molar-refractivity contribution in [3.8, 4) is 0 Å². The van der Waals surface area contributed by atoms with Crippen LogP contribution in [0.4, 0.5) is 0 Å². The Kier molecular flexibility index (Phi) is 42.5. The van der Waals surface area contributed by atoms with Crippen LogP contribution in [0.15, 0.2) is 60.8 Å². The smallest absolute Gasteiger partial charge is 0.457 e. The molecular weight excluding hydrogens is 770 g/mol. The molecule has 0 rings (SSSR count). The van der Waals surface area contributed by atoms with E-state index in [-0.39, 0.29) is 32.2 Å². The number of hydrogen-bond acceptors (Lipinski definition) is 6. The number of rotatable bonds is 45. The minimum Gasteiger partial charge on any atom is -0.457 e. The van der Waals surface area contributed by atoms with Crippen molar-refractivity contribution in [2.75, 3.05) is 54.1 Å². The molecule has 0 aliphatic carbocycles. The van der Waals surface area contributed by atoms with E-state index in [0.717, 1.165) is 70.6 Å². The van der Waals surface area contributed by atoms with E-state index in [4.69, 9.17) is 18.5 Å². The largest absolute Gasteiger partial charge is 0.472 e. The third-order valence-corrected chi connectivity index (χ3v) is 11.3. The van der Waals surface area contributed by atoms with Crippen LogP contribution in [0.25, 0.3) is 0 Å². The first-order valence-corrected chi connectivity index (χ1v) is 26.0. The van der Waals surface area contributed by atoms with Crippen LogP contribution in [-0.2, 0) is 27.9 Å². The summed E-state index contributed by atoms with van der Waals surface area (Å²) in [7, 11) is 1.64. The molecule has 0 aromatic carbocycles. The molecule has 0 aliphatic rings. The molecule has 2 unspecified atom stereocenters. The van der Waals surface area contributed by atoms with Crippen LogP contribution in [0.5, 0.6) is 0 Å². The lowest BCUT2D eigenvalue weighted by Gasteiger charge is -2.24. The fraction of sp³-hybridized carbons (Fsp3) is 0.784. The first-order valence-electron chi connectivity index (χ1n) is 24.5. The second-order valence-electron chi connectivity index (χ2n) is 17.5. The first kappa shape index (κ1) is 58.2. The number of esters is 1. The molecule has 0 bridgehead atoms. The molecule has 0 fully saturated rings. The zero-order valence-electron chi connectivity index (χ0n) is 39.7.